The Morgan fingerprint density at radius 1 is 1.36 bits per heavy atom. The lowest BCUT2D eigenvalue weighted by Gasteiger charge is -2.37. The zero-order valence-electron chi connectivity index (χ0n) is 8.24. The van der Waals surface area contributed by atoms with Gasteiger partial charge in [0.1, 0.15) is 0 Å². The van der Waals surface area contributed by atoms with Gasteiger partial charge >= 0.3 is 0 Å². The van der Waals surface area contributed by atoms with Crippen LogP contribution in [0.3, 0.4) is 0 Å². The number of hydrogen-bond donors (Lipinski definition) is 1. The van der Waals surface area contributed by atoms with Gasteiger partial charge in [-0.3, -0.25) is 0 Å². The molecule has 0 radical (unpaired) electrons. The van der Waals surface area contributed by atoms with Crippen molar-refractivity contribution < 1.29 is 13.2 Å². The summed E-state index contributed by atoms with van der Waals surface area (Å²) in [6, 6.07) is 0. The molecule has 0 aliphatic carbocycles. The lowest BCUT2D eigenvalue weighted by molar-refractivity contribution is -0.0273. The fraction of sp³-hybridized carbons (Fsp3) is 1.00. The van der Waals surface area contributed by atoms with E-state index in [9.17, 15) is 8.42 Å². The first-order valence-corrected chi connectivity index (χ1v) is 6.95. The lowest BCUT2D eigenvalue weighted by Crippen LogP contribution is -2.45. The summed E-state index contributed by atoms with van der Waals surface area (Å²) >= 11 is 0. The van der Waals surface area contributed by atoms with Crippen LogP contribution in [0, 0.1) is 5.92 Å². The maximum absolute atomic E-state index is 11.3. The van der Waals surface area contributed by atoms with E-state index in [0.717, 1.165) is 13.0 Å². The molecule has 2 aliphatic rings. The minimum atomic E-state index is -2.80. The number of ether oxygens (including phenoxy) is 1. The molecule has 0 amide bonds. The molecule has 1 spiro atoms. The smallest absolute Gasteiger partial charge is 0.150 e. The topological polar surface area (TPSA) is 69.4 Å². The first-order chi connectivity index (χ1) is 6.58. The molecular formula is C9H17NO3S. The number of hydrogen-bond acceptors (Lipinski definition) is 4. The average molecular weight is 219 g/mol. The molecular weight excluding hydrogens is 202 g/mol. The molecule has 1 unspecified atom stereocenters. The SMILES string of the molecule is NCC1CCOC12CCS(=O)(=O)CC2. The van der Waals surface area contributed by atoms with Crippen LogP contribution >= 0.6 is 0 Å². The normalized spacial score (nSPS) is 34.8. The third-order valence-electron chi connectivity index (χ3n) is 3.56. The Morgan fingerprint density at radius 3 is 2.57 bits per heavy atom. The molecule has 4 nitrogen and oxygen atoms in total. The summed E-state index contributed by atoms with van der Waals surface area (Å²) in [6.45, 7) is 1.35. The van der Waals surface area contributed by atoms with E-state index in [-0.39, 0.29) is 17.1 Å². The van der Waals surface area contributed by atoms with Gasteiger partial charge in [-0.2, -0.15) is 0 Å². The molecule has 2 fully saturated rings. The Bertz CT molecular complexity index is 298. The van der Waals surface area contributed by atoms with Crippen molar-refractivity contribution >= 4 is 9.84 Å². The highest BCUT2D eigenvalue weighted by atomic mass is 32.2. The van der Waals surface area contributed by atoms with Crippen LogP contribution < -0.4 is 5.73 Å². The maximum Gasteiger partial charge on any atom is 0.150 e. The zero-order valence-corrected chi connectivity index (χ0v) is 9.05. The second kappa shape index (κ2) is 3.47. The summed E-state index contributed by atoms with van der Waals surface area (Å²) in [4.78, 5) is 0. The number of nitrogens with two attached hydrogens (primary N) is 1. The molecule has 0 aromatic rings. The van der Waals surface area contributed by atoms with Gasteiger partial charge < -0.3 is 10.5 Å². The van der Waals surface area contributed by atoms with Crippen LogP contribution in [-0.2, 0) is 14.6 Å². The Morgan fingerprint density at radius 2 is 2.00 bits per heavy atom. The molecule has 1 atom stereocenters. The summed E-state index contributed by atoms with van der Waals surface area (Å²) in [6.07, 6.45) is 2.25. The summed E-state index contributed by atoms with van der Waals surface area (Å²) in [5.74, 6) is 0.894. The quantitative estimate of drug-likeness (QED) is 0.670. The van der Waals surface area contributed by atoms with Gasteiger partial charge in [-0.05, 0) is 25.8 Å². The molecule has 0 saturated carbocycles. The fourth-order valence-electron chi connectivity index (χ4n) is 2.55. The predicted octanol–water partition coefficient (Wildman–Crippen LogP) is -0.0710. The van der Waals surface area contributed by atoms with Gasteiger partial charge in [-0.1, -0.05) is 0 Å². The van der Waals surface area contributed by atoms with E-state index in [1.165, 1.54) is 0 Å². The third-order valence-corrected chi connectivity index (χ3v) is 5.21. The van der Waals surface area contributed by atoms with Crippen LogP contribution in [0.4, 0.5) is 0 Å². The predicted molar refractivity (Wildman–Crippen MR) is 53.7 cm³/mol. The monoisotopic (exact) mass is 219 g/mol. The molecule has 0 aromatic carbocycles. The molecule has 5 heteroatoms. The Hall–Kier alpha value is -0.130. The van der Waals surface area contributed by atoms with Crippen molar-refractivity contribution in [3.8, 4) is 0 Å². The van der Waals surface area contributed by atoms with E-state index >= 15 is 0 Å². The van der Waals surface area contributed by atoms with Gasteiger partial charge in [-0.15, -0.1) is 0 Å². The highest BCUT2D eigenvalue weighted by Gasteiger charge is 2.46. The van der Waals surface area contributed by atoms with Crippen LogP contribution in [0.25, 0.3) is 0 Å². The summed E-state index contributed by atoms with van der Waals surface area (Å²) in [5, 5.41) is 0. The van der Waals surface area contributed by atoms with Gasteiger partial charge in [0.2, 0.25) is 0 Å². The van der Waals surface area contributed by atoms with E-state index < -0.39 is 9.84 Å². The fourth-order valence-corrected chi connectivity index (χ4v) is 4.07. The van der Waals surface area contributed by atoms with Crippen LogP contribution in [0.1, 0.15) is 19.3 Å². The van der Waals surface area contributed by atoms with Crippen molar-refractivity contribution in [2.24, 2.45) is 11.7 Å². The van der Waals surface area contributed by atoms with Crippen molar-refractivity contribution in [1.82, 2.24) is 0 Å². The van der Waals surface area contributed by atoms with Crippen LogP contribution in [-0.4, -0.2) is 38.7 Å². The van der Waals surface area contributed by atoms with Gasteiger partial charge in [0, 0.05) is 12.5 Å². The van der Waals surface area contributed by atoms with E-state index in [2.05, 4.69) is 0 Å². The molecule has 2 heterocycles. The largest absolute Gasteiger partial charge is 0.375 e. The standard InChI is InChI=1S/C9H17NO3S/c10-7-8-1-4-13-9(8)2-5-14(11,12)6-3-9/h8H,1-7,10H2. The van der Waals surface area contributed by atoms with Crippen LogP contribution in [0.2, 0.25) is 0 Å². The van der Waals surface area contributed by atoms with Gasteiger partial charge in [0.05, 0.1) is 17.1 Å². The van der Waals surface area contributed by atoms with E-state index in [1.54, 1.807) is 0 Å². The minimum Gasteiger partial charge on any atom is -0.375 e. The van der Waals surface area contributed by atoms with Crippen molar-refractivity contribution in [3.63, 3.8) is 0 Å². The average Bonchev–Trinajstić information content (AvgIpc) is 2.54. The lowest BCUT2D eigenvalue weighted by atomic mass is 9.83. The zero-order chi connectivity index (χ0) is 10.2. The van der Waals surface area contributed by atoms with Crippen molar-refractivity contribution in [3.05, 3.63) is 0 Å². The second-order valence-electron chi connectivity index (χ2n) is 4.29. The van der Waals surface area contributed by atoms with Gasteiger partial charge in [0.25, 0.3) is 0 Å². The second-order valence-corrected chi connectivity index (χ2v) is 6.59. The third kappa shape index (κ3) is 1.68. The van der Waals surface area contributed by atoms with Crippen molar-refractivity contribution in [2.45, 2.75) is 24.9 Å². The first-order valence-electron chi connectivity index (χ1n) is 5.12. The molecule has 82 valence electrons. The Kier molecular flexibility index (Phi) is 2.57. The summed E-state index contributed by atoms with van der Waals surface area (Å²) < 4.78 is 28.3. The molecule has 2 saturated heterocycles. The van der Waals surface area contributed by atoms with Crippen LogP contribution in [0.5, 0.6) is 0 Å². The van der Waals surface area contributed by atoms with Gasteiger partial charge in [0.15, 0.2) is 9.84 Å². The van der Waals surface area contributed by atoms with E-state index in [4.69, 9.17) is 10.5 Å². The van der Waals surface area contributed by atoms with Crippen molar-refractivity contribution in [1.29, 1.82) is 0 Å². The van der Waals surface area contributed by atoms with E-state index in [1.807, 2.05) is 0 Å². The van der Waals surface area contributed by atoms with Crippen molar-refractivity contribution in [2.75, 3.05) is 24.7 Å². The molecule has 2 rings (SSSR count). The highest BCUT2D eigenvalue weighted by Crippen LogP contribution is 2.40. The van der Waals surface area contributed by atoms with Gasteiger partial charge in [-0.25, -0.2) is 8.42 Å². The number of sulfone groups is 1. The molecule has 14 heavy (non-hydrogen) atoms. The summed E-state index contributed by atoms with van der Waals surface area (Å²) in [7, 11) is -2.80. The Balaban J connectivity index is 2.11. The molecule has 0 aromatic heterocycles. The minimum absolute atomic E-state index is 0.208. The highest BCUT2D eigenvalue weighted by molar-refractivity contribution is 7.91. The maximum atomic E-state index is 11.3. The molecule has 0 bridgehead atoms. The number of rotatable bonds is 1. The summed E-state index contributed by atoms with van der Waals surface area (Å²) in [5.41, 5.74) is 5.47. The molecule has 2 aliphatic heterocycles. The molecule has 2 N–H and O–H groups in total. The van der Waals surface area contributed by atoms with E-state index in [0.29, 0.717) is 25.3 Å². The first kappa shape index (κ1) is 10.4. The Labute approximate surface area is 84.7 Å². The van der Waals surface area contributed by atoms with Crippen LogP contribution in [0.15, 0.2) is 0 Å².